The summed E-state index contributed by atoms with van der Waals surface area (Å²) in [5.74, 6) is 2.75. The molecule has 2 saturated heterocycles. The Morgan fingerprint density at radius 1 is 1.15 bits per heavy atom. The topological polar surface area (TPSA) is 92.2 Å². The van der Waals surface area contributed by atoms with E-state index in [0.717, 1.165) is 63.8 Å². The summed E-state index contributed by atoms with van der Waals surface area (Å²) >= 11 is 1.73. The average Bonchev–Trinajstić information content (AvgIpc) is 3.57. The van der Waals surface area contributed by atoms with Crippen molar-refractivity contribution in [3.63, 3.8) is 0 Å². The van der Waals surface area contributed by atoms with E-state index in [1.165, 1.54) is 18.4 Å². The monoisotopic (exact) mass is 549 g/mol. The van der Waals surface area contributed by atoms with Gasteiger partial charge in [0.15, 0.2) is 5.13 Å². The largest absolute Gasteiger partial charge is 0.488 e. The molecular weight excluding hydrogens is 514 g/mol. The summed E-state index contributed by atoms with van der Waals surface area (Å²) < 4.78 is 11.7. The maximum absolute atomic E-state index is 12.8. The summed E-state index contributed by atoms with van der Waals surface area (Å²) in [6.07, 6.45) is 2.70. The first-order chi connectivity index (χ1) is 19.0. The Labute approximate surface area is 233 Å². The van der Waals surface area contributed by atoms with Crippen LogP contribution in [-0.2, 0) is 16.1 Å². The van der Waals surface area contributed by atoms with Gasteiger partial charge in [-0.25, -0.2) is 4.98 Å². The third-order valence-corrected chi connectivity index (χ3v) is 8.64. The number of carbonyl (C=O) groups is 2. The molecule has 6 rings (SSSR count). The smallest absolute Gasteiger partial charge is 0.290 e. The van der Waals surface area contributed by atoms with Crippen LogP contribution in [0.15, 0.2) is 41.8 Å². The summed E-state index contributed by atoms with van der Waals surface area (Å²) in [5.41, 5.74) is 6.06. The molecule has 0 bridgehead atoms. The number of morpholine rings is 1. The predicted octanol–water partition coefficient (Wildman–Crippen LogP) is 5.03. The number of thiazole rings is 1. The van der Waals surface area contributed by atoms with E-state index in [0.29, 0.717) is 32.9 Å². The van der Waals surface area contributed by atoms with Crippen molar-refractivity contribution in [1.82, 2.24) is 9.88 Å². The van der Waals surface area contributed by atoms with E-state index in [1.54, 1.807) is 11.3 Å². The van der Waals surface area contributed by atoms with Crippen molar-refractivity contribution in [1.29, 1.82) is 0 Å². The van der Waals surface area contributed by atoms with Crippen LogP contribution in [0.5, 0.6) is 5.75 Å². The lowest BCUT2D eigenvalue weighted by atomic mass is 10.0. The van der Waals surface area contributed by atoms with Crippen LogP contribution < -0.4 is 9.64 Å². The minimum absolute atomic E-state index is 0.0694. The molecule has 1 N–H and O–H groups in total. The highest BCUT2D eigenvalue weighted by atomic mass is 32.1. The molecule has 2 unspecified atom stereocenters. The number of aromatic nitrogens is 1. The molecule has 206 valence electrons. The molecule has 3 aliphatic rings. The number of fused-ring (bicyclic) bond motifs is 1. The van der Waals surface area contributed by atoms with Crippen molar-refractivity contribution in [2.24, 2.45) is 11.8 Å². The molecule has 1 aromatic heterocycles. The van der Waals surface area contributed by atoms with Crippen molar-refractivity contribution in [2.45, 2.75) is 33.3 Å². The molecule has 0 radical (unpaired) electrons. The van der Waals surface area contributed by atoms with E-state index in [-0.39, 0.29) is 12.4 Å². The van der Waals surface area contributed by atoms with Crippen LogP contribution in [0.4, 0.5) is 5.13 Å². The highest BCUT2D eigenvalue weighted by molar-refractivity contribution is 7.14. The molecule has 39 heavy (non-hydrogen) atoms. The maximum atomic E-state index is 12.8. The first kappa shape index (κ1) is 27.1. The molecular formula is C30H35N3O5S. The SMILES string of the molecule is Cc1ccc(OCc2ccc(C(=O)N3CCOCC3)cc2C)c(-c2csc(N3CCC4CC4C3)n2)c1.O=CO. The molecule has 3 heterocycles. The number of benzene rings is 2. The van der Waals surface area contributed by atoms with Crippen LogP contribution in [-0.4, -0.2) is 66.8 Å². The minimum Gasteiger partial charge on any atom is -0.488 e. The number of piperidine rings is 1. The second-order valence-electron chi connectivity index (χ2n) is 10.4. The zero-order chi connectivity index (χ0) is 27.4. The number of aryl methyl sites for hydroxylation is 2. The normalized spacial score (nSPS) is 19.9. The maximum Gasteiger partial charge on any atom is 0.290 e. The van der Waals surface area contributed by atoms with Gasteiger partial charge in [0.2, 0.25) is 0 Å². The lowest BCUT2D eigenvalue weighted by molar-refractivity contribution is -0.122. The number of nitrogens with zero attached hydrogens (tertiary/aromatic N) is 3. The van der Waals surface area contributed by atoms with Gasteiger partial charge < -0.3 is 24.4 Å². The Hall–Kier alpha value is -3.43. The predicted molar refractivity (Wildman–Crippen MR) is 152 cm³/mol. The highest BCUT2D eigenvalue weighted by Gasteiger charge is 2.42. The Balaban J connectivity index is 0.000000983. The molecule has 1 aliphatic carbocycles. The first-order valence-electron chi connectivity index (χ1n) is 13.5. The van der Waals surface area contributed by atoms with Gasteiger partial charge >= 0.3 is 0 Å². The Morgan fingerprint density at radius 3 is 2.69 bits per heavy atom. The molecule has 9 heteroatoms. The molecule has 0 spiro atoms. The number of anilines is 1. The Kier molecular flexibility index (Phi) is 8.47. The molecule has 3 fully saturated rings. The van der Waals surface area contributed by atoms with Gasteiger partial charge in [0.05, 0.1) is 18.9 Å². The van der Waals surface area contributed by atoms with Crippen LogP contribution in [0.25, 0.3) is 11.3 Å². The van der Waals surface area contributed by atoms with E-state index in [4.69, 9.17) is 24.4 Å². The highest BCUT2D eigenvalue weighted by Crippen LogP contribution is 2.46. The zero-order valence-corrected chi connectivity index (χ0v) is 23.3. The number of hydrogen-bond acceptors (Lipinski definition) is 7. The van der Waals surface area contributed by atoms with Crippen LogP contribution in [0.2, 0.25) is 0 Å². The van der Waals surface area contributed by atoms with Gasteiger partial charge in [-0.15, -0.1) is 11.3 Å². The number of hydrogen-bond donors (Lipinski definition) is 1. The average molecular weight is 550 g/mol. The van der Waals surface area contributed by atoms with Gasteiger partial charge in [-0.05, 0) is 73.9 Å². The van der Waals surface area contributed by atoms with Crippen molar-refractivity contribution in [3.8, 4) is 17.0 Å². The Bertz CT molecular complexity index is 1320. The minimum atomic E-state index is -0.250. The number of carbonyl (C=O) groups excluding carboxylic acids is 1. The number of amides is 1. The summed E-state index contributed by atoms with van der Waals surface area (Å²) in [6, 6.07) is 12.2. The second-order valence-corrected chi connectivity index (χ2v) is 11.3. The van der Waals surface area contributed by atoms with E-state index in [1.807, 2.05) is 36.1 Å². The standard InChI is InChI=1S/C29H33N3O3S.CH2O2/c1-19-3-6-27(25(13-19)26-18-36-29(30-26)32-8-7-21-15-24(21)16-32)35-17-23-5-4-22(14-20(23)2)28(33)31-9-11-34-12-10-31;2-1-3/h3-6,13-14,18,21,24H,7-12,15-17H2,1-2H3;1H,(H,2,3). The lowest BCUT2D eigenvalue weighted by Crippen LogP contribution is -2.40. The van der Waals surface area contributed by atoms with E-state index < -0.39 is 0 Å². The molecule has 2 atom stereocenters. The number of carboxylic acid groups (broad SMARTS) is 1. The molecule has 8 nitrogen and oxygen atoms in total. The van der Waals surface area contributed by atoms with E-state index >= 15 is 0 Å². The lowest BCUT2D eigenvalue weighted by Gasteiger charge is -2.27. The zero-order valence-electron chi connectivity index (χ0n) is 22.5. The van der Waals surface area contributed by atoms with E-state index in [9.17, 15) is 4.79 Å². The second kappa shape index (κ2) is 12.2. The van der Waals surface area contributed by atoms with Gasteiger partial charge in [-0.2, -0.15) is 0 Å². The van der Waals surface area contributed by atoms with Gasteiger partial charge in [0.1, 0.15) is 12.4 Å². The summed E-state index contributed by atoms with van der Waals surface area (Å²) in [5, 5.41) is 10.2. The van der Waals surface area contributed by atoms with Crippen molar-refractivity contribution in [2.75, 3.05) is 44.3 Å². The molecule has 3 aromatic rings. The fourth-order valence-corrected chi connectivity index (χ4v) is 6.22. The summed E-state index contributed by atoms with van der Waals surface area (Å²) in [4.78, 5) is 30.5. The fourth-order valence-electron chi connectivity index (χ4n) is 5.36. The van der Waals surface area contributed by atoms with Crippen LogP contribution in [0, 0.1) is 25.7 Å². The number of rotatable bonds is 6. The quantitative estimate of drug-likeness (QED) is 0.432. The van der Waals surface area contributed by atoms with Gasteiger partial charge in [0, 0.05) is 42.7 Å². The molecule has 1 saturated carbocycles. The third-order valence-electron chi connectivity index (χ3n) is 7.74. The van der Waals surface area contributed by atoms with Crippen LogP contribution >= 0.6 is 11.3 Å². The van der Waals surface area contributed by atoms with E-state index in [2.05, 4.69) is 29.3 Å². The first-order valence-corrected chi connectivity index (χ1v) is 14.3. The molecule has 1 amide bonds. The van der Waals surface area contributed by atoms with Gasteiger partial charge in [-0.1, -0.05) is 17.7 Å². The van der Waals surface area contributed by atoms with Crippen LogP contribution in [0.1, 0.15) is 39.9 Å². The third kappa shape index (κ3) is 6.42. The van der Waals surface area contributed by atoms with Gasteiger partial charge in [-0.3, -0.25) is 9.59 Å². The summed E-state index contributed by atoms with van der Waals surface area (Å²) in [6.45, 7) is 9.12. The molecule has 2 aliphatic heterocycles. The van der Waals surface area contributed by atoms with Crippen LogP contribution in [0.3, 0.4) is 0 Å². The van der Waals surface area contributed by atoms with Gasteiger partial charge in [0.25, 0.3) is 12.4 Å². The van der Waals surface area contributed by atoms with Crippen molar-refractivity contribution in [3.05, 3.63) is 64.0 Å². The van der Waals surface area contributed by atoms with Crippen molar-refractivity contribution < 1.29 is 24.2 Å². The number of ether oxygens (including phenoxy) is 2. The Morgan fingerprint density at radius 2 is 1.95 bits per heavy atom. The fraction of sp³-hybridized carbons (Fsp3) is 0.433. The summed E-state index contributed by atoms with van der Waals surface area (Å²) in [7, 11) is 0. The molecule has 2 aromatic carbocycles. The van der Waals surface area contributed by atoms with Crippen molar-refractivity contribution >= 4 is 28.8 Å².